The van der Waals surface area contributed by atoms with E-state index in [0.29, 0.717) is 0 Å². The second-order valence-electron chi connectivity index (χ2n) is 2.21. The van der Waals surface area contributed by atoms with E-state index < -0.39 is 24.3 Å². The quantitative estimate of drug-likeness (QED) is 0.606. The maximum Gasteiger partial charge on any atom is 0.391 e. The van der Waals surface area contributed by atoms with Gasteiger partial charge in [-0.25, -0.2) is 0 Å². The van der Waals surface area contributed by atoms with Crippen LogP contribution in [0, 0.1) is 5.92 Å². The van der Waals surface area contributed by atoms with Gasteiger partial charge in [-0.05, 0) is 0 Å². The van der Waals surface area contributed by atoms with Crippen molar-refractivity contribution >= 4 is 0 Å². The third-order valence-electron chi connectivity index (χ3n) is 1.10. The molecule has 0 saturated heterocycles. The molecule has 0 aromatic heterocycles. The number of halogens is 3. The zero-order chi connectivity index (χ0) is 8.36. The predicted octanol–water partition coefficient (Wildman–Crippen LogP) is 2.65. The minimum Gasteiger partial charge on any atom is -0.513 e. The molecule has 1 N–H and O–H groups in total. The first-order valence-electron chi connectivity index (χ1n) is 2.77. The van der Waals surface area contributed by atoms with Crippen molar-refractivity contribution in [1.29, 1.82) is 0 Å². The average molecular weight is 154 g/mol. The van der Waals surface area contributed by atoms with Crippen LogP contribution in [0.1, 0.15) is 13.3 Å². The van der Waals surface area contributed by atoms with Crippen LogP contribution in [0.15, 0.2) is 12.3 Å². The SMILES string of the molecule is C=C(O)CC(C)C(F)(F)F. The van der Waals surface area contributed by atoms with Crippen molar-refractivity contribution in [2.24, 2.45) is 5.92 Å². The molecule has 4 heteroatoms. The van der Waals surface area contributed by atoms with E-state index in [4.69, 9.17) is 5.11 Å². The maximum atomic E-state index is 11.7. The number of allylic oxidation sites excluding steroid dienone is 1. The average Bonchev–Trinajstić information content (AvgIpc) is 1.60. The molecule has 0 spiro atoms. The van der Waals surface area contributed by atoms with Crippen molar-refractivity contribution < 1.29 is 18.3 Å². The highest BCUT2D eigenvalue weighted by Crippen LogP contribution is 2.29. The van der Waals surface area contributed by atoms with Crippen molar-refractivity contribution in [3.8, 4) is 0 Å². The van der Waals surface area contributed by atoms with E-state index in [1.54, 1.807) is 0 Å². The van der Waals surface area contributed by atoms with Gasteiger partial charge in [-0.2, -0.15) is 13.2 Å². The van der Waals surface area contributed by atoms with Gasteiger partial charge in [-0.3, -0.25) is 0 Å². The van der Waals surface area contributed by atoms with E-state index in [1.807, 2.05) is 0 Å². The van der Waals surface area contributed by atoms with Crippen LogP contribution in [0.3, 0.4) is 0 Å². The Labute approximate surface area is 57.2 Å². The Morgan fingerprint density at radius 1 is 1.60 bits per heavy atom. The number of rotatable bonds is 2. The van der Waals surface area contributed by atoms with Gasteiger partial charge in [0.15, 0.2) is 0 Å². The molecule has 0 rings (SSSR count). The second kappa shape index (κ2) is 2.94. The number of aliphatic hydroxyl groups excluding tert-OH is 1. The summed E-state index contributed by atoms with van der Waals surface area (Å²) in [6.45, 7) is 3.97. The van der Waals surface area contributed by atoms with Gasteiger partial charge < -0.3 is 5.11 Å². The lowest BCUT2D eigenvalue weighted by molar-refractivity contribution is -0.170. The number of alkyl halides is 3. The predicted molar refractivity (Wildman–Crippen MR) is 31.6 cm³/mol. The molecule has 0 aromatic rings. The summed E-state index contributed by atoms with van der Waals surface area (Å²) in [5.74, 6) is -1.94. The van der Waals surface area contributed by atoms with Crippen molar-refractivity contribution in [3.05, 3.63) is 12.3 Å². The summed E-state index contributed by atoms with van der Waals surface area (Å²) in [5.41, 5.74) is 0. The lowest BCUT2D eigenvalue weighted by atomic mass is 10.1. The number of aliphatic hydroxyl groups is 1. The highest BCUT2D eigenvalue weighted by molar-refractivity contribution is 4.83. The molecule has 0 bridgehead atoms. The molecular formula is C6H9F3O. The standard InChI is InChI=1S/C6H9F3O/c1-4(3-5(2)10)6(7,8)9/h4,10H,2-3H2,1H3. The van der Waals surface area contributed by atoms with Crippen LogP contribution in [0.2, 0.25) is 0 Å². The molecule has 0 heterocycles. The van der Waals surface area contributed by atoms with Gasteiger partial charge in [0.2, 0.25) is 0 Å². The van der Waals surface area contributed by atoms with Crippen molar-refractivity contribution in [2.75, 3.05) is 0 Å². The topological polar surface area (TPSA) is 20.2 Å². The van der Waals surface area contributed by atoms with Crippen LogP contribution in [0.4, 0.5) is 13.2 Å². The Morgan fingerprint density at radius 2 is 2.00 bits per heavy atom. The second-order valence-corrected chi connectivity index (χ2v) is 2.21. The fraction of sp³-hybridized carbons (Fsp3) is 0.667. The highest BCUT2D eigenvalue weighted by atomic mass is 19.4. The molecule has 0 aliphatic rings. The molecule has 0 radical (unpaired) electrons. The summed E-state index contributed by atoms with van der Waals surface area (Å²) in [6, 6.07) is 0. The van der Waals surface area contributed by atoms with E-state index in [1.165, 1.54) is 0 Å². The van der Waals surface area contributed by atoms with Crippen LogP contribution in [-0.2, 0) is 0 Å². The summed E-state index contributed by atoms with van der Waals surface area (Å²) in [6.07, 6.45) is -4.64. The molecule has 1 unspecified atom stereocenters. The molecule has 10 heavy (non-hydrogen) atoms. The van der Waals surface area contributed by atoms with E-state index in [-0.39, 0.29) is 0 Å². The van der Waals surface area contributed by atoms with E-state index in [9.17, 15) is 13.2 Å². The van der Waals surface area contributed by atoms with Crippen molar-refractivity contribution in [3.63, 3.8) is 0 Å². The largest absolute Gasteiger partial charge is 0.513 e. The Morgan fingerprint density at radius 3 is 2.10 bits per heavy atom. The fourth-order valence-electron chi connectivity index (χ4n) is 0.469. The minimum absolute atomic E-state index is 0.413. The smallest absolute Gasteiger partial charge is 0.391 e. The van der Waals surface area contributed by atoms with E-state index in [2.05, 4.69) is 6.58 Å². The molecule has 1 nitrogen and oxygen atoms in total. The molecule has 60 valence electrons. The molecule has 0 aromatic carbocycles. The molecular weight excluding hydrogens is 145 g/mol. The van der Waals surface area contributed by atoms with Crippen LogP contribution < -0.4 is 0 Å². The number of hydrogen-bond acceptors (Lipinski definition) is 1. The number of hydrogen-bond donors (Lipinski definition) is 1. The zero-order valence-electron chi connectivity index (χ0n) is 5.57. The summed E-state index contributed by atoms with van der Waals surface area (Å²) in [7, 11) is 0. The van der Waals surface area contributed by atoms with Gasteiger partial charge in [0.25, 0.3) is 0 Å². The zero-order valence-corrected chi connectivity index (χ0v) is 5.57. The third-order valence-corrected chi connectivity index (χ3v) is 1.10. The summed E-state index contributed by atoms with van der Waals surface area (Å²) < 4.78 is 35.0. The van der Waals surface area contributed by atoms with Gasteiger partial charge >= 0.3 is 6.18 Å². The first kappa shape index (κ1) is 9.33. The summed E-state index contributed by atoms with van der Waals surface area (Å²) in [4.78, 5) is 0. The van der Waals surface area contributed by atoms with Crippen LogP contribution in [0.25, 0.3) is 0 Å². The Balaban J connectivity index is 3.85. The van der Waals surface area contributed by atoms with Gasteiger partial charge in [0, 0.05) is 6.42 Å². The Kier molecular flexibility index (Phi) is 2.75. The maximum absolute atomic E-state index is 11.7. The molecule has 1 atom stereocenters. The molecule has 0 aliphatic heterocycles. The van der Waals surface area contributed by atoms with Crippen LogP contribution >= 0.6 is 0 Å². The molecule has 0 fully saturated rings. The van der Waals surface area contributed by atoms with Gasteiger partial charge in [0.05, 0.1) is 11.7 Å². The highest BCUT2D eigenvalue weighted by Gasteiger charge is 2.35. The van der Waals surface area contributed by atoms with E-state index in [0.717, 1.165) is 6.92 Å². The lowest BCUT2D eigenvalue weighted by Gasteiger charge is -2.13. The van der Waals surface area contributed by atoms with Gasteiger partial charge in [0.1, 0.15) is 0 Å². The molecule has 0 saturated carbocycles. The lowest BCUT2D eigenvalue weighted by Crippen LogP contribution is -2.19. The minimum atomic E-state index is -4.23. The van der Waals surface area contributed by atoms with Gasteiger partial charge in [-0.15, -0.1) is 0 Å². The molecule has 0 amide bonds. The Hall–Kier alpha value is -0.670. The first-order chi connectivity index (χ1) is 4.34. The normalized spacial score (nSPS) is 14.8. The van der Waals surface area contributed by atoms with E-state index >= 15 is 0 Å². The van der Waals surface area contributed by atoms with Crippen LogP contribution in [0.5, 0.6) is 0 Å². The Bertz CT molecular complexity index is 127. The first-order valence-corrected chi connectivity index (χ1v) is 2.77. The van der Waals surface area contributed by atoms with Crippen molar-refractivity contribution in [1.82, 2.24) is 0 Å². The fourth-order valence-corrected chi connectivity index (χ4v) is 0.469. The van der Waals surface area contributed by atoms with Gasteiger partial charge in [-0.1, -0.05) is 13.5 Å². The van der Waals surface area contributed by atoms with Crippen LogP contribution in [-0.4, -0.2) is 11.3 Å². The monoisotopic (exact) mass is 154 g/mol. The van der Waals surface area contributed by atoms with Crippen molar-refractivity contribution in [2.45, 2.75) is 19.5 Å². The summed E-state index contributed by atoms with van der Waals surface area (Å²) in [5, 5.41) is 8.39. The summed E-state index contributed by atoms with van der Waals surface area (Å²) >= 11 is 0. The third kappa shape index (κ3) is 3.37. The molecule has 0 aliphatic carbocycles.